The molecule has 3 rings (SSSR count). The maximum absolute atomic E-state index is 12.5. The molecule has 1 aliphatic rings. The molecule has 1 heterocycles. The van der Waals surface area contributed by atoms with Crippen molar-refractivity contribution in [1.29, 1.82) is 0 Å². The number of carboxylic acids is 1. The lowest BCUT2D eigenvalue weighted by Crippen LogP contribution is -2.33. The molecule has 1 amide bonds. The topological polar surface area (TPSA) is 88.5 Å². The minimum absolute atomic E-state index is 0.0930. The van der Waals surface area contributed by atoms with Gasteiger partial charge in [-0.15, -0.1) is 0 Å². The molecule has 2 aromatic rings. The number of hydrogen-bond donors (Lipinski definition) is 2. The van der Waals surface area contributed by atoms with Gasteiger partial charge >= 0.3 is 5.97 Å². The number of carboxylic acid groups (broad SMARTS) is 1. The number of pyridine rings is 1. The first-order valence-electron chi connectivity index (χ1n) is 7.97. The molecule has 0 saturated heterocycles. The summed E-state index contributed by atoms with van der Waals surface area (Å²) >= 11 is 0. The molecule has 0 radical (unpaired) electrons. The van der Waals surface area contributed by atoms with Crippen LogP contribution in [0.1, 0.15) is 35.3 Å². The number of methoxy groups -OCH3 is 1. The van der Waals surface area contributed by atoms with Crippen LogP contribution < -0.4 is 10.1 Å². The average Bonchev–Trinajstić information content (AvgIpc) is 3.02. The largest absolute Gasteiger partial charge is 0.497 e. The SMILES string of the molecule is COc1ccc2cc(C(=O)N[C@@H]3CC[C@H](C(=O)O)C3)c(C)nc2c1. The number of nitrogens with zero attached hydrogens (tertiary/aromatic N) is 1. The van der Waals surface area contributed by atoms with Gasteiger partial charge in [-0.25, -0.2) is 0 Å². The molecule has 0 spiro atoms. The van der Waals surface area contributed by atoms with E-state index in [4.69, 9.17) is 9.84 Å². The number of carbonyl (C=O) groups excluding carboxylic acids is 1. The van der Waals surface area contributed by atoms with E-state index in [0.29, 0.717) is 30.5 Å². The Morgan fingerprint density at radius 2 is 2.08 bits per heavy atom. The van der Waals surface area contributed by atoms with Crippen LogP contribution in [0, 0.1) is 12.8 Å². The number of nitrogens with one attached hydrogen (secondary N) is 1. The number of hydrogen-bond acceptors (Lipinski definition) is 4. The quantitative estimate of drug-likeness (QED) is 0.900. The molecular weight excluding hydrogens is 308 g/mol. The molecule has 0 aliphatic heterocycles. The summed E-state index contributed by atoms with van der Waals surface area (Å²) in [7, 11) is 1.60. The van der Waals surface area contributed by atoms with Crippen LogP contribution in [0.15, 0.2) is 24.3 Å². The summed E-state index contributed by atoms with van der Waals surface area (Å²) in [5.41, 5.74) is 1.93. The number of ether oxygens (including phenoxy) is 1. The van der Waals surface area contributed by atoms with Crippen LogP contribution in [-0.4, -0.2) is 35.1 Å². The first kappa shape index (κ1) is 16.2. The summed E-state index contributed by atoms with van der Waals surface area (Å²) in [6.45, 7) is 1.79. The van der Waals surface area contributed by atoms with E-state index < -0.39 is 5.97 Å². The zero-order valence-electron chi connectivity index (χ0n) is 13.7. The molecule has 1 fully saturated rings. The highest BCUT2D eigenvalue weighted by Crippen LogP contribution is 2.26. The van der Waals surface area contributed by atoms with Crippen LogP contribution in [0.5, 0.6) is 5.75 Å². The molecule has 0 unspecified atom stereocenters. The second kappa shape index (κ2) is 6.47. The second-order valence-corrected chi connectivity index (χ2v) is 6.20. The lowest BCUT2D eigenvalue weighted by molar-refractivity contribution is -0.141. The Bertz CT molecular complexity index is 803. The highest BCUT2D eigenvalue weighted by atomic mass is 16.5. The maximum Gasteiger partial charge on any atom is 0.306 e. The number of aromatic nitrogens is 1. The van der Waals surface area contributed by atoms with Crippen molar-refractivity contribution in [2.45, 2.75) is 32.2 Å². The minimum atomic E-state index is -0.788. The predicted octanol–water partition coefficient (Wildman–Crippen LogP) is 2.53. The van der Waals surface area contributed by atoms with E-state index in [1.165, 1.54) is 0 Å². The van der Waals surface area contributed by atoms with E-state index >= 15 is 0 Å². The van der Waals surface area contributed by atoms with Gasteiger partial charge in [0.1, 0.15) is 5.75 Å². The van der Waals surface area contributed by atoms with Gasteiger partial charge in [-0.05, 0) is 44.4 Å². The van der Waals surface area contributed by atoms with Crippen molar-refractivity contribution in [3.63, 3.8) is 0 Å². The Morgan fingerprint density at radius 1 is 1.29 bits per heavy atom. The fourth-order valence-electron chi connectivity index (χ4n) is 3.20. The number of carbonyl (C=O) groups is 2. The van der Waals surface area contributed by atoms with Gasteiger partial charge in [0.25, 0.3) is 5.91 Å². The fourth-order valence-corrected chi connectivity index (χ4v) is 3.20. The molecule has 6 heteroatoms. The normalized spacial score (nSPS) is 20.1. The molecule has 1 aromatic heterocycles. The number of amides is 1. The third-order valence-electron chi connectivity index (χ3n) is 4.58. The second-order valence-electron chi connectivity index (χ2n) is 6.20. The smallest absolute Gasteiger partial charge is 0.306 e. The van der Waals surface area contributed by atoms with Gasteiger partial charge in [0, 0.05) is 17.5 Å². The fraction of sp³-hybridized carbons (Fsp3) is 0.389. The molecule has 0 bridgehead atoms. The third-order valence-corrected chi connectivity index (χ3v) is 4.58. The third kappa shape index (κ3) is 3.18. The van der Waals surface area contributed by atoms with Crippen LogP contribution >= 0.6 is 0 Å². The zero-order valence-corrected chi connectivity index (χ0v) is 13.7. The maximum atomic E-state index is 12.5. The Balaban J connectivity index is 1.80. The van der Waals surface area contributed by atoms with Gasteiger partial charge < -0.3 is 15.2 Å². The van der Waals surface area contributed by atoms with Gasteiger partial charge in [-0.3, -0.25) is 14.6 Å². The van der Waals surface area contributed by atoms with Gasteiger partial charge in [-0.2, -0.15) is 0 Å². The van der Waals surface area contributed by atoms with Crippen molar-refractivity contribution in [2.75, 3.05) is 7.11 Å². The molecule has 1 saturated carbocycles. The number of fused-ring (bicyclic) bond motifs is 1. The van der Waals surface area contributed by atoms with Crippen molar-refractivity contribution < 1.29 is 19.4 Å². The molecule has 2 N–H and O–H groups in total. The number of aryl methyl sites for hydroxylation is 1. The lowest BCUT2D eigenvalue weighted by atomic mass is 10.1. The first-order valence-corrected chi connectivity index (χ1v) is 7.97. The van der Waals surface area contributed by atoms with Crippen LogP contribution in [0.4, 0.5) is 0 Å². The molecule has 2 atom stereocenters. The van der Waals surface area contributed by atoms with Gasteiger partial charge in [0.2, 0.25) is 0 Å². The van der Waals surface area contributed by atoms with E-state index in [-0.39, 0.29) is 17.9 Å². The number of rotatable bonds is 4. The van der Waals surface area contributed by atoms with Crippen molar-refractivity contribution >= 4 is 22.8 Å². The van der Waals surface area contributed by atoms with Crippen LogP contribution in [-0.2, 0) is 4.79 Å². The van der Waals surface area contributed by atoms with Crippen LogP contribution in [0.3, 0.4) is 0 Å². The van der Waals surface area contributed by atoms with E-state index in [9.17, 15) is 9.59 Å². The molecule has 1 aliphatic carbocycles. The van der Waals surface area contributed by atoms with Crippen LogP contribution in [0.25, 0.3) is 10.9 Å². The van der Waals surface area contributed by atoms with Gasteiger partial charge in [0.05, 0.1) is 29.8 Å². The number of benzene rings is 1. The summed E-state index contributed by atoms with van der Waals surface area (Å²) in [4.78, 5) is 28.1. The number of aliphatic carboxylic acids is 1. The summed E-state index contributed by atoms with van der Waals surface area (Å²) in [6.07, 6.45) is 1.79. The minimum Gasteiger partial charge on any atom is -0.497 e. The summed E-state index contributed by atoms with van der Waals surface area (Å²) in [6, 6.07) is 7.25. The predicted molar refractivity (Wildman–Crippen MR) is 89.3 cm³/mol. The summed E-state index contributed by atoms with van der Waals surface area (Å²) in [5, 5.41) is 12.9. The van der Waals surface area contributed by atoms with Crippen molar-refractivity contribution in [3.05, 3.63) is 35.5 Å². The summed E-state index contributed by atoms with van der Waals surface area (Å²) < 4.78 is 5.19. The molecule has 6 nitrogen and oxygen atoms in total. The van der Waals surface area contributed by atoms with E-state index in [0.717, 1.165) is 16.7 Å². The van der Waals surface area contributed by atoms with Crippen LogP contribution in [0.2, 0.25) is 0 Å². The standard InChI is InChI=1S/C18H20N2O4/c1-10-15(8-11-4-6-14(24-2)9-16(11)19-10)17(21)20-13-5-3-12(7-13)18(22)23/h4,6,8-9,12-13H,3,5,7H2,1-2H3,(H,20,21)(H,22,23)/t12-,13+/m0/s1. The van der Waals surface area contributed by atoms with E-state index in [1.807, 2.05) is 24.3 Å². The average molecular weight is 328 g/mol. The Labute approximate surface area is 139 Å². The highest BCUT2D eigenvalue weighted by molar-refractivity contribution is 5.99. The lowest BCUT2D eigenvalue weighted by Gasteiger charge is -2.14. The van der Waals surface area contributed by atoms with Crippen molar-refractivity contribution in [3.8, 4) is 5.75 Å². The highest BCUT2D eigenvalue weighted by Gasteiger charge is 2.31. The molecule has 1 aromatic carbocycles. The van der Waals surface area contributed by atoms with Crippen molar-refractivity contribution in [2.24, 2.45) is 5.92 Å². The zero-order chi connectivity index (χ0) is 17.3. The Hall–Kier alpha value is -2.63. The van der Waals surface area contributed by atoms with Gasteiger partial charge in [-0.1, -0.05) is 0 Å². The van der Waals surface area contributed by atoms with Gasteiger partial charge in [0.15, 0.2) is 0 Å². The van der Waals surface area contributed by atoms with E-state index in [1.54, 1.807) is 14.0 Å². The van der Waals surface area contributed by atoms with E-state index in [2.05, 4.69) is 10.3 Å². The monoisotopic (exact) mass is 328 g/mol. The summed E-state index contributed by atoms with van der Waals surface area (Å²) in [5.74, 6) is -0.631. The molecule has 24 heavy (non-hydrogen) atoms. The van der Waals surface area contributed by atoms with Crippen molar-refractivity contribution in [1.82, 2.24) is 10.3 Å². The Kier molecular flexibility index (Phi) is 4.38. The Morgan fingerprint density at radius 3 is 2.75 bits per heavy atom. The first-order chi connectivity index (χ1) is 11.5. The molecular formula is C18H20N2O4. The molecule has 126 valence electrons.